The number of aliphatic carboxylic acids is 1. The molecule has 1 saturated carbocycles. The van der Waals surface area contributed by atoms with Crippen molar-refractivity contribution in [3.8, 4) is 0 Å². The zero-order valence-electron chi connectivity index (χ0n) is 13.1. The van der Waals surface area contributed by atoms with Gasteiger partial charge in [-0.25, -0.2) is 0 Å². The first-order valence-corrected chi connectivity index (χ1v) is 8.70. The van der Waals surface area contributed by atoms with E-state index in [9.17, 15) is 9.90 Å². The first-order valence-electron chi connectivity index (χ1n) is 7.48. The summed E-state index contributed by atoms with van der Waals surface area (Å²) in [5.74, 6) is 0.706. The quantitative estimate of drug-likeness (QED) is 0.780. The lowest BCUT2D eigenvalue weighted by Gasteiger charge is -2.23. The van der Waals surface area contributed by atoms with Crippen LogP contribution in [-0.2, 0) is 11.3 Å². The van der Waals surface area contributed by atoms with E-state index in [0.29, 0.717) is 24.2 Å². The number of rotatable bonds is 7. The monoisotopic (exact) mass is 333 g/mol. The number of nitrogens with zero attached hydrogens (tertiary/aromatic N) is 3. The molecule has 1 aromatic heterocycles. The van der Waals surface area contributed by atoms with E-state index in [1.165, 1.54) is 0 Å². The molecule has 3 rings (SSSR count). The summed E-state index contributed by atoms with van der Waals surface area (Å²) in [7, 11) is 1.76. The Hall–Kier alpha value is -1.86. The van der Waals surface area contributed by atoms with Crippen LogP contribution >= 0.6 is 11.8 Å². The first-order chi connectivity index (χ1) is 11.1. The maximum Gasteiger partial charge on any atom is 0.325 e. The number of benzene rings is 1. The molecule has 0 bridgehead atoms. The molecule has 2 aromatic rings. The number of hydrogen-bond donors (Lipinski definition) is 1. The molecular formula is C16H19N3O3S. The molecule has 122 valence electrons. The average Bonchev–Trinajstić information content (AvgIpc) is 3.28. The van der Waals surface area contributed by atoms with Gasteiger partial charge in [0.2, 0.25) is 5.89 Å². The summed E-state index contributed by atoms with van der Waals surface area (Å²) in [4.78, 5) is 18.9. The topological polar surface area (TPSA) is 79.5 Å². The van der Waals surface area contributed by atoms with E-state index < -0.39 is 12.0 Å². The van der Waals surface area contributed by atoms with Crippen molar-refractivity contribution in [1.82, 2.24) is 15.0 Å². The highest BCUT2D eigenvalue weighted by Gasteiger charge is 2.31. The molecule has 0 spiro atoms. The maximum absolute atomic E-state index is 11.7. The van der Waals surface area contributed by atoms with Gasteiger partial charge < -0.3 is 9.63 Å². The van der Waals surface area contributed by atoms with Crippen molar-refractivity contribution in [2.24, 2.45) is 0 Å². The van der Waals surface area contributed by atoms with E-state index >= 15 is 0 Å². The van der Waals surface area contributed by atoms with Gasteiger partial charge in [-0.2, -0.15) is 4.98 Å². The second kappa shape index (κ2) is 6.72. The lowest BCUT2D eigenvalue weighted by atomic mass is 10.1. The van der Waals surface area contributed by atoms with Crippen LogP contribution in [-0.4, -0.2) is 39.4 Å². The van der Waals surface area contributed by atoms with Crippen LogP contribution in [0.4, 0.5) is 0 Å². The summed E-state index contributed by atoms with van der Waals surface area (Å²) in [5, 5.41) is 13.6. The molecule has 1 atom stereocenters. The number of carboxylic acid groups (broad SMARTS) is 1. The highest BCUT2D eigenvalue weighted by atomic mass is 32.2. The minimum absolute atomic E-state index is 0.331. The molecule has 1 aliphatic carbocycles. The highest BCUT2D eigenvalue weighted by molar-refractivity contribution is 7.98. The Kier molecular flexibility index (Phi) is 4.68. The van der Waals surface area contributed by atoms with Gasteiger partial charge in [0.15, 0.2) is 5.82 Å². The van der Waals surface area contributed by atoms with Gasteiger partial charge in [-0.1, -0.05) is 17.3 Å². The number of likely N-dealkylation sites (N-methyl/N-ethyl adjacent to an activating group) is 1. The minimum Gasteiger partial charge on any atom is -0.480 e. The normalized spacial score (nSPS) is 15.8. The van der Waals surface area contributed by atoms with Crippen molar-refractivity contribution in [1.29, 1.82) is 0 Å². The molecule has 23 heavy (non-hydrogen) atoms. The summed E-state index contributed by atoms with van der Waals surface area (Å²) in [6.45, 7) is 0.331. The number of aromatic nitrogens is 2. The Morgan fingerprint density at radius 1 is 1.43 bits per heavy atom. The third kappa shape index (κ3) is 3.73. The lowest BCUT2D eigenvalue weighted by molar-refractivity contribution is -0.143. The van der Waals surface area contributed by atoms with Gasteiger partial charge in [0.25, 0.3) is 0 Å². The molecule has 1 N–H and O–H groups in total. The molecule has 0 unspecified atom stereocenters. The summed E-state index contributed by atoms with van der Waals surface area (Å²) in [6.07, 6.45) is 4.18. The molecule has 0 amide bonds. The Labute approximate surface area is 138 Å². The van der Waals surface area contributed by atoms with Gasteiger partial charge in [-0.3, -0.25) is 9.69 Å². The van der Waals surface area contributed by atoms with Gasteiger partial charge in [-0.05, 0) is 43.8 Å². The zero-order valence-corrected chi connectivity index (χ0v) is 13.9. The van der Waals surface area contributed by atoms with Crippen molar-refractivity contribution >= 4 is 17.7 Å². The van der Waals surface area contributed by atoms with Crippen molar-refractivity contribution in [3.63, 3.8) is 0 Å². The standard InChI is InChI=1S/C16H19N3O3S/c1-19(9-13-17-15(22-18-13)11-3-4-11)14(16(20)21)10-5-7-12(23-2)8-6-10/h5-8,11,14H,3-4,9H2,1-2H3,(H,20,21)/t14-/m1/s1. The number of carbonyl (C=O) groups is 1. The van der Waals surface area contributed by atoms with E-state index in [1.807, 2.05) is 30.5 Å². The fraction of sp³-hybridized carbons (Fsp3) is 0.438. The van der Waals surface area contributed by atoms with Crippen molar-refractivity contribution in [2.45, 2.75) is 36.2 Å². The molecule has 6 nitrogen and oxygen atoms in total. The first kappa shape index (κ1) is 16.0. The Morgan fingerprint density at radius 3 is 2.70 bits per heavy atom. The highest BCUT2D eigenvalue weighted by Crippen LogP contribution is 2.39. The number of hydrogen-bond acceptors (Lipinski definition) is 6. The van der Waals surface area contributed by atoms with Crippen LogP contribution in [0.3, 0.4) is 0 Å². The fourth-order valence-corrected chi connectivity index (χ4v) is 2.92. The molecular weight excluding hydrogens is 314 g/mol. The largest absolute Gasteiger partial charge is 0.480 e. The molecule has 0 radical (unpaired) electrons. The second-order valence-corrected chi connectivity index (χ2v) is 6.63. The van der Waals surface area contributed by atoms with E-state index in [-0.39, 0.29) is 0 Å². The molecule has 0 aliphatic heterocycles. The van der Waals surface area contributed by atoms with E-state index in [0.717, 1.165) is 23.3 Å². The molecule has 1 aliphatic rings. The smallest absolute Gasteiger partial charge is 0.325 e. The third-order valence-corrected chi connectivity index (χ3v) is 4.65. The second-order valence-electron chi connectivity index (χ2n) is 5.75. The van der Waals surface area contributed by atoms with Crippen molar-refractivity contribution in [3.05, 3.63) is 41.5 Å². The molecule has 1 heterocycles. The molecule has 7 heteroatoms. The van der Waals surface area contributed by atoms with Crippen LogP contribution in [0.25, 0.3) is 0 Å². The Bertz CT molecular complexity index is 682. The van der Waals surface area contributed by atoms with Gasteiger partial charge in [0.1, 0.15) is 6.04 Å². The van der Waals surface area contributed by atoms with Crippen LogP contribution in [0, 0.1) is 0 Å². The summed E-state index contributed by atoms with van der Waals surface area (Å²) in [5.41, 5.74) is 0.740. The maximum atomic E-state index is 11.7. The Morgan fingerprint density at radius 2 is 2.13 bits per heavy atom. The zero-order chi connectivity index (χ0) is 16.4. The Balaban J connectivity index is 1.74. The minimum atomic E-state index is -0.893. The predicted octanol–water partition coefficient (Wildman–Crippen LogP) is 2.93. The van der Waals surface area contributed by atoms with Gasteiger partial charge >= 0.3 is 5.97 Å². The van der Waals surface area contributed by atoms with Crippen LogP contribution in [0.15, 0.2) is 33.7 Å². The van der Waals surface area contributed by atoms with Crippen molar-refractivity contribution in [2.75, 3.05) is 13.3 Å². The predicted molar refractivity (Wildman–Crippen MR) is 86.3 cm³/mol. The fourth-order valence-electron chi connectivity index (χ4n) is 2.51. The number of thioether (sulfide) groups is 1. The van der Waals surface area contributed by atoms with Gasteiger partial charge in [-0.15, -0.1) is 11.8 Å². The van der Waals surface area contributed by atoms with Crippen molar-refractivity contribution < 1.29 is 14.4 Å². The van der Waals surface area contributed by atoms with E-state index in [4.69, 9.17) is 4.52 Å². The average molecular weight is 333 g/mol. The molecule has 0 saturated heterocycles. The third-order valence-electron chi connectivity index (χ3n) is 3.91. The van der Waals surface area contributed by atoms with Crippen LogP contribution in [0.5, 0.6) is 0 Å². The summed E-state index contributed by atoms with van der Waals surface area (Å²) < 4.78 is 5.23. The van der Waals surface area contributed by atoms with Gasteiger partial charge in [0, 0.05) is 10.8 Å². The summed E-state index contributed by atoms with van der Waals surface area (Å²) in [6, 6.07) is 6.83. The lowest BCUT2D eigenvalue weighted by Crippen LogP contribution is -2.30. The van der Waals surface area contributed by atoms with Crippen LogP contribution in [0.2, 0.25) is 0 Å². The SMILES string of the molecule is CSc1ccc([C@H](C(=O)O)N(C)Cc2noc(C3CC3)n2)cc1. The van der Waals surface area contributed by atoms with Crippen LogP contribution in [0.1, 0.15) is 42.1 Å². The molecule has 1 aromatic carbocycles. The number of carboxylic acids is 1. The summed E-state index contributed by atoms with van der Waals surface area (Å²) >= 11 is 1.63. The van der Waals surface area contributed by atoms with E-state index in [2.05, 4.69) is 10.1 Å². The van der Waals surface area contributed by atoms with Crippen LogP contribution < -0.4 is 0 Å². The van der Waals surface area contributed by atoms with Gasteiger partial charge in [0.05, 0.1) is 6.54 Å². The van der Waals surface area contributed by atoms with E-state index in [1.54, 1.807) is 23.7 Å². The molecule has 1 fully saturated rings.